The van der Waals surface area contributed by atoms with Crippen LogP contribution in [0.25, 0.3) is 11.1 Å². The van der Waals surface area contributed by atoms with Crippen LogP contribution in [-0.2, 0) is 9.53 Å². The predicted molar refractivity (Wildman–Crippen MR) is 129 cm³/mol. The number of hydrogen-bond donors (Lipinski definition) is 0. The number of anilines is 1. The zero-order chi connectivity index (χ0) is 27.6. The monoisotopic (exact) mass is 544 g/mol. The Hall–Kier alpha value is -2.85. The number of carboxylic acids is 1. The standard InChI is InChI=1S/C24H29ClFN2O2.C2HF3O2/c1-27(22-20(10-5-11-21(22)26)17-7-4-8-18(25)15-17)23(29)30-16-24-13-6-9-19(12-14-24)28(24,2)3;3-2(4,5)1(6)7/h4-5,7-8,10-11,15,19H,6,9,12-14,16H2,1-3H3;(H,6,7)/q+1;/p-1/t19-,24+;/m1./s1. The summed E-state index contributed by atoms with van der Waals surface area (Å²) in [5, 5.41) is 9.34. The summed E-state index contributed by atoms with van der Waals surface area (Å²) in [6.45, 7) is 0.362. The van der Waals surface area contributed by atoms with Crippen molar-refractivity contribution in [1.29, 1.82) is 0 Å². The molecule has 0 N–H and O–H groups in total. The summed E-state index contributed by atoms with van der Waals surface area (Å²) < 4.78 is 53.1. The SMILES string of the molecule is CN(C(=O)OC[C@]12CCC[C@H](CC1)[N+]2(C)C)c1c(F)cccc1-c1cccc(Cl)c1.O=C([O-])C(F)(F)F. The van der Waals surface area contributed by atoms with Gasteiger partial charge in [0.2, 0.25) is 0 Å². The van der Waals surface area contributed by atoms with E-state index in [9.17, 15) is 22.4 Å². The van der Waals surface area contributed by atoms with Crippen LogP contribution in [0.1, 0.15) is 32.1 Å². The highest BCUT2D eigenvalue weighted by molar-refractivity contribution is 6.30. The van der Waals surface area contributed by atoms with Crippen LogP contribution in [0.3, 0.4) is 0 Å². The number of piperidine rings is 1. The maximum Gasteiger partial charge on any atom is 0.430 e. The Bertz CT molecular complexity index is 1150. The number of rotatable bonds is 4. The summed E-state index contributed by atoms with van der Waals surface area (Å²) in [7, 11) is 6.07. The Morgan fingerprint density at radius 1 is 1.16 bits per heavy atom. The minimum atomic E-state index is -5.19. The predicted octanol–water partition coefficient (Wildman–Crippen LogP) is 5.18. The molecule has 0 aliphatic carbocycles. The van der Waals surface area contributed by atoms with E-state index in [1.807, 2.05) is 12.1 Å². The van der Waals surface area contributed by atoms with Gasteiger partial charge in [-0.2, -0.15) is 13.2 Å². The number of amides is 1. The molecule has 6 nitrogen and oxygen atoms in total. The molecule has 2 heterocycles. The van der Waals surface area contributed by atoms with Crippen molar-refractivity contribution < 1.29 is 41.5 Å². The van der Waals surface area contributed by atoms with E-state index < -0.39 is 24.1 Å². The van der Waals surface area contributed by atoms with Crippen molar-refractivity contribution in [3.63, 3.8) is 0 Å². The Morgan fingerprint density at radius 3 is 2.43 bits per heavy atom. The van der Waals surface area contributed by atoms with Crippen molar-refractivity contribution in [2.45, 2.75) is 49.9 Å². The van der Waals surface area contributed by atoms with Crippen LogP contribution in [0.15, 0.2) is 42.5 Å². The van der Waals surface area contributed by atoms with Crippen LogP contribution < -0.4 is 10.0 Å². The molecule has 2 bridgehead atoms. The number of quaternary nitrogens is 1. The average Bonchev–Trinajstić information content (AvgIpc) is 2.96. The molecular formula is C26H29ClF4N2O4. The molecule has 37 heavy (non-hydrogen) atoms. The van der Waals surface area contributed by atoms with Gasteiger partial charge in [0.05, 0.1) is 25.8 Å². The third-order valence-corrected chi connectivity index (χ3v) is 7.92. The van der Waals surface area contributed by atoms with E-state index in [1.165, 1.54) is 30.2 Å². The number of para-hydroxylation sites is 1. The lowest BCUT2D eigenvalue weighted by molar-refractivity contribution is -0.956. The molecule has 11 heteroatoms. The normalized spacial score (nSPS) is 22.0. The maximum absolute atomic E-state index is 14.8. The van der Waals surface area contributed by atoms with Gasteiger partial charge in [0, 0.05) is 36.9 Å². The van der Waals surface area contributed by atoms with E-state index in [0.717, 1.165) is 22.9 Å². The molecule has 202 valence electrons. The minimum Gasteiger partial charge on any atom is -0.542 e. The number of carbonyl (C=O) groups excluding carboxylic acids is 2. The van der Waals surface area contributed by atoms with Gasteiger partial charge in [-0.1, -0.05) is 35.9 Å². The third-order valence-electron chi connectivity index (χ3n) is 7.69. The first-order valence-corrected chi connectivity index (χ1v) is 12.1. The summed E-state index contributed by atoms with van der Waals surface area (Å²) in [5.41, 5.74) is 1.51. The molecule has 2 aromatic rings. The molecular weight excluding hydrogens is 516 g/mol. The number of alkyl halides is 3. The van der Waals surface area contributed by atoms with Crippen LogP contribution in [-0.4, -0.2) is 62.1 Å². The van der Waals surface area contributed by atoms with Gasteiger partial charge in [-0.15, -0.1) is 0 Å². The first-order chi connectivity index (χ1) is 17.2. The van der Waals surface area contributed by atoms with Crippen LogP contribution >= 0.6 is 11.6 Å². The first-order valence-electron chi connectivity index (χ1n) is 11.8. The van der Waals surface area contributed by atoms with Crippen molar-refractivity contribution in [1.82, 2.24) is 0 Å². The van der Waals surface area contributed by atoms with Crippen LogP contribution in [0.2, 0.25) is 5.02 Å². The molecule has 2 atom stereocenters. The second kappa shape index (κ2) is 10.9. The van der Waals surface area contributed by atoms with Crippen LogP contribution in [0.4, 0.5) is 28.0 Å². The Balaban J connectivity index is 0.000000479. The molecule has 0 unspecified atom stereocenters. The van der Waals surface area contributed by atoms with Gasteiger partial charge in [-0.05, 0) is 36.6 Å². The zero-order valence-corrected chi connectivity index (χ0v) is 21.5. The molecule has 0 radical (unpaired) electrons. The number of nitrogens with zero attached hydrogens (tertiary/aromatic N) is 2. The van der Waals surface area contributed by atoms with Crippen molar-refractivity contribution in [2.24, 2.45) is 0 Å². The molecule has 0 saturated carbocycles. The Morgan fingerprint density at radius 2 is 1.81 bits per heavy atom. The minimum absolute atomic E-state index is 0.0373. The number of carboxylic acid groups (broad SMARTS) is 1. The average molecular weight is 545 g/mol. The van der Waals surface area contributed by atoms with E-state index in [0.29, 0.717) is 23.2 Å². The van der Waals surface area contributed by atoms with Crippen molar-refractivity contribution in [3.8, 4) is 11.1 Å². The number of ether oxygens (including phenoxy) is 1. The van der Waals surface area contributed by atoms with Gasteiger partial charge in [-0.3, -0.25) is 4.90 Å². The fraction of sp³-hybridized carbons (Fsp3) is 0.462. The fourth-order valence-electron chi connectivity index (χ4n) is 5.42. The van der Waals surface area contributed by atoms with E-state index >= 15 is 0 Å². The molecule has 2 aliphatic rings. The van der Waals surface area contributed by atoms with E-state index in [4.69, 9.17) is 26.2 Å². The summed E-state index contributed by atoms with van der Waals surface area (Å²) in [4.78, 5) is 23.0. The van der Waals surface area contributed by atoms with Gasteiger partial charge < -0.3 is 19.1 Å². The number of likely N-dealkylation sites (N-methyl/N-ethyl adjacent to an activating group) is 1. The van der Waals surface area contributed by atoms with Crippen molar-refractivity contribution >= 4 is 29.4 Å². The molecule has 1 amide bonds. The number of halogens is 5. The van der Waals surface area contributed by atoms with Crippen LogP contribution in [0.5, 0.6) is 0 Å². The number of fused-ring (bicyclic) bond motifs is 2. The van der Waals surface area contributed by atoms with Gasteiger partial charge in [0.1, 0.15) is 23.9 Å². The highest BCUT2D eigenvalue weighted by Crippen LogP contribution is 2.48. The van der Waals surface area contributed by atoms with E-state index in [1.54, 1.807) is 31.3 Å². The maximum atomic E-state index is 14.8. The summed E-state index contributed by atoms with van der Waals surface area (Å²) in [6, 6.07) is 12.6. The Labute approximate surface area is 218 Å². The lowest BCUT2D eigenvalue weighted by atomic mass is 9.87. The van der Waals surface area contributed by atoms with E-state index in [2.05, 4.69) is 14.1 Å². The van der Waals surface area contributed by atoms with Gasteiger partial charge >= 0.3 is 12.3 Å². The summed E-state index contributed by atoms with van der Waals surface area (Å²) in [6.07, 6.45) is -0.0260. The molecule has 2 aromatic carbocycles. The highest BCUT2D eigenvalue weighted by atomic mass is 35.5. The molecule has 2 saturated heterocycles. The quantitative estimate of drug-likeness (QED) is 0.393. The number of aliphatic carboxylic acids is 1. The smallest absolute Gasteiger partial charge is 0.430 e. The molecule has 0 aromatic heterocycles. The summed E-state index contributed by atoms with van der Waals surface area (Å²) in [5.74, 6) is -3.48. The molecule has 2 aliphatic heterocycles. The van der Waals surface area contributed by atoms with Crippen molar-refractivity contribution in [3.05, 3.63) is 53.3 Å². The lowest BCUT2D eigenvalue weighted by Gasteiger charge is -2.49. The first kappa shape index (κ1) is 28.7. The largest absolute Gasteiger partial charge is 0.542 e. The molecule has 0 spiro atoms. The third kappa shape index (κ3) is 6.01. The van der Waals surface area contributed by atoms with Crippen molar-refractivity contribution in [2.75, 3.05) is 32.6 Å². The van der Waals surface area contributed by atoms with Gasteiger partial charge in [-0.25, -0.2) is 9.18 Å². The Kier molecular flexibility index (Phi) is 8.44. The number of benzene rings is 2. The number of hydrogen-bond acceptors (Lipinski definition) is 4. The lowest BCUT2D eigenvalue weighted by Crippen LogP contribution is -2.63. The zero-order valence-electron chi connectivity index (χ0n) is 20.8. The van der Waals surface area contributed by atoms with Gasteiger partial charge in [0.15, 0.2) is 0 Å². The fourth-order valence-corrected chi connectivity index (χ4v) is 5.61. The van der Waals surface area contributed by atoms with E-state index in [-0.39, 0.29) is 11.2 Å². The highest BCUT2D eigenvalue weighted by Gasteiger charge is 2.58. The molecule has 2 fully saturated rings. The topological polar surface area (TPSA) is 69.7 Å². The summed E-state index contributed by atoms with van der Waals surface area (Å²) >= 11 is 6.13. The molecule has 4 rings (SSSR count). The van der Waals surface area contributed by atoms with Gasteiger partial charge in [0.25, 0.3) is 0 Å². The second-order valence-electron chi connectivity index (χ2n) is 9.89. The number of carbonyl (C=O) groups is 2. The second-order valence-corrected chi connectivity index (χ2v) is 10.3. The van der Waals surface area contributed by atoms with Crippen LogP contribution in [0, 0.1) is 5.82 Å².